The summed E-state index contributed by atoms with van der Waals surface area (Å²) in [7, 11) is 1.62. The SMILES string of the molecule is COCCOc1cc2c(O)cc(C)nc2cc1Br. The minimum Gasteiger partial charge on any atom is -0.507 e. The predicted molar refractivity (Wildman–Crippen MR) is 73.2 cm³/mol. The predicted octanol–water partition coefficient (Wildman–Crippen LogP) is 3.04. The molecule has 0 saturated carbocycles. The molecular weight excluding hydrogens is 298 g/mol. The van der Waals surface area contributed by atoms with Gasteiger partial charge in [0.2, 0.25) is 0 Å². The van der Waals surface area contributed by atoms with E-state index in [1.54, 1.807) is 19.2 Å². The number of rotatable bonds is 4. The molecule has 4 nitrogen and oxygen atoms in total. The van der Waals surface area contributed by atoms with Crippen LogP contribution in [-0.2, 0) is 4.74 Å². The van der Waals surface area contributed by atoms with Crippen molar-refractivity contribution in [3.63, 3.8) is 0 Å². The highest BCUT2D eigenvalue weighted by Gasteiger charge is 2.09. The third kappa shape index (κ3) is 2.73. The highest BCUT2D eigenvalue weighted by Crippen LogP contribution is 2.33. The summed E-state index contributed by atoms with van der Waals surface area (Å²) in [4.78, 5) is 4.36. The number of ether oxygens (including phenoxy) is 2. The largest absolute Gasteiger partial charge is 0.507 e. The first-order chi connectivity index (χ1) is 8.61. The lowest BCUT2D eigenvalue weighted by Gasteiger charge is -2.10. The van der Waals surface area contributed by atoms with Gasteiger partial charge in [-0.3, -0.25) is 4.98 Å². The Morgan fingerprint density at radius 3 is 2.78 bits per heavy atom. The Hall–Kier alpha value is -1.33. The van der Waals surface area contributed by atoms with E-state index in [2.05, 4.69) is 20.9 Å². The van der Waals surface area contributed by atoms with Gasteiger partial charge in [0.15, 0.2) is 0 Å². The van der Waals surface area contributed by atoms with Crippen molar-refractivity contribution in [2.75, 3.05) is 20.3 Å². The van der Waals surface area contributed by atoms with Crippen LogP contribution in [0.3, 0.4) is 0 Å². The molecule has 18 heavy (non-hydrogen) atoms. The van der Waals surface area contributed by atoms with Crippen molar-refractivity contribution in [2.24, 2.45) is 0 Å². The first-order valence-corrected chi connectivity index (χ1v) is 6.32. The van der Waals surface area contributed by atoms with Crippen molar-refractivity contribution < 1.29 is 14.6 Å². The van der Waals surface area contributed by atoms with E-state index >= 15 is 0 Å². The Labute approximate surface area is 114 Å². The van der Waals surface area contributed by atoms with Crippen LogP contribution in [0.2, 0.25) is 0 Å². The second-order valence-electron chi connectivity index (χ2n) is 3.92. The van der Waals surface area contributed by atoms with E-state index < -0.39 is 0 Å². The Kier molecular flexibility index (Phi) is 4.04. The van der Waals surface area contributed by atoms with E-state index in [-0.39, 0.29) is 5.75 Å². The van der Waals surface area contributed by atoms with Crippen LogP contribution in [0.4, 0.5) is 0 Å². The number of nitrogens with zero attached hydrogens (tertiary/aromatic N) is 1. The van der Waals surface area contributed by atoms with Gasteiger partial charge in [0.1, 0.15) is 18.1 Å². The summed E-state index contributed by atoms with van der Waals surface area (Å²) in [6.45, 7) is 2.82. The highest BCUT2D eigenvalue weighted by atomic mass is 79.9. The molecule has 2 aromatic rings. The van der Waals surface area contributed by atoms with Crippen molar-refractivity contribution >= 4 is 26.8 Å². The van der Waals surface area contributed by atoms with E-state index in [0.29, 0.717) is 24.3 Å². The molecule has 0 atom stereocenters. The summed E-state index contributed by atoms with van der Waals surface area (Å²) >= 11 is 3.43. The van der Waals surface area contributed by atoms with E-state index in [1.165, 1.54) is 0 Å². The van der Waals surface area contributed by atoms with Crippen LogP contribution in [0.1, 0.15) is 5.69 Å². The van der Waals surface area contributed by atoms with Crippen LogP contribution >= 0.6 is 15.9 Å². The second-order valence-corrected chi connectivity index (χ2v) is 4.78. The Morgan fingerprint density at radius 1 is 1.28 bits per heavy atom. The molecule has 1 aromatic carbocycles. The standard InChI is InChI=1S/C13H14BrNO3/c1-8-5-12(16)9-6-13(18-4-3-17-2)10(14)7-11(9)15-8/h5-7H,3-4H2,1-2H3,(H,15,16). The summed E-state index contributed by atoms with van der Waals surface area (Å²) in [5.74, 6) is 0.877. The van der Waals surface area contributed by atoms with Crippen LogP contribution < -0.4 is 4.74 Å². The van der Waals surface area contributed by atoms with Gasteiger partial charge in [-0.05, 0) is 35.0 Å². The Balaban J connectivity index is 2.41. The quantitative estimate of drug-likeness (QED) is 0.882. The van der Waals surface area contributed by atoms with Crippen molar-refractivity contribution in [2.45, 2.75) is 6.92 Å². The number of aromatic hydroxyl groups is 1. The maximum atomic E-state index is 9.90. The Bertz CT molecular complexity index is 572. The third-order valence-corrected chi connectivity index (χ3v) is 3.13. The van der Waals surface area contributed by atoms with Crippen LogP contribution in [0.5, 0.6) is 11.5 Å². The lowest BCUT2D eigenvalue weighted by atomic mass is 10.2. The van der Waals surface area contributed by atoms with Gasteiger partial charge in [-0.1, -0.05) is 0 Å². The van der Waals surface area contributed by atoms with Gasteiger partial charge >= 0.3 is 0 Å². The fourth-order valence-corrected chi connectivity index (χ4v) is 2.13. The molecule has 0 unspecified atom stereocenters. The molecule has 0 amide bonds. The minimum atomic E-state index is 0.210. The molecule has 1 heterocycles. The summed E-state index contributed by atoms with van der Waals surface area (Å²) in [5.41, 5.74) is 1.51. The van der Waals surface area contributed by atoms with Gasteiger partial charge in [0, 0.05) is 24.3 Å². The second kappa shape index (κ2) is 5.54. The molecule has 0 aliphatic carbocycles. The summed E-state index contributed by atoms with van der Waals surface area (Å²) in [6.07, 6.45) is 0. The summed E-state index contributed by atoms with van der Waals surface area (Å²) in [6, 6.07) is 5.25. The topological polar surface area (TPSA) is 51.6 Å². The number of aryl methyl sites for hydroxylation is 1. The number of methoxy groups -OCH3 is 1. The normalized spacial score (nSPS) is 10.8. The van der Waals surface area contributed by atoms with Gasteiger partial charge in [-0.15, -0.1) is 0 Å². The van der Waals surface area contributed by atoms with Crippen LogP contribution in [-0.4, -0.2) is 30.4 Å². The molecular formula is C13H14BrNO3. The molecule has 2 rings (SSSR count). The Morgan fingerprint density at radius 2 is 2.06 bits per heavy atom. The number of benzene rings is 1. The molecule has 0 fully saturated rings. The van der Waals surface area contributed by atoms with Gasteiger partial charge in [0.25, 0.3) is 0 Å². The molecule has 96 valence electrons. The fourth-order valence-electron chi connectivity index (χ4n) is 1.68. The maximum absolute atomic E-state index is 9.90. The van der Waals surface area contributed by atoms with Gasteiger partial charge in [0.05, 0.1) is 16.6 Å². The highest BCUT2D eigenvalue weighted by molar-refractivity contribution is 9.10. The summed E-state index contributed by atoms with van der Waals surface area (Å²) < 4.78 is 11.3. The van der Waals surface area contributed by atoms with Gasteiger partial charge in [-0.25, -0.2) is 0 Å². The molecule has 5 heteroatoms. The zero-order valence-corrected chi connectivity index (χ0v) is 11.8. The first-order valence-electron chi connectivity index (χ1n) is 5.53. The molecule has 0 saturated heterocycles. The van der Waals surface area contributed by atoms with E-state index in [4.69, 9.17) is 9.47 Å². The molecule has 0 bridgehead atoms. The number of halogens is 1. The molecule has 1 aromatic heterocycles. The van der Waals surface area contributed by atoms with Crippen molar-refractivity contribution in [3.8, 4) is 11.5 Å². The molecule has 0 radical (unpaired) electrons. The molecule has 1 N–H and O–H groups in total. The van der Waals surface area contributed by atoms with Crippen molar-refractivity contribution in [3.05, 3.63) is 28.4 Å². The maximum Gasteiger partial charge on any atom is 0.134 e. The number of fused-ring (bicyclic) bond motifs is 1. The molecule has 0 aliphatic rings. The molecule has 0 spiro atoms. The monoisotopic (exact) mass is 311 g/mol. The number of aromatic nitrogens is 1. The number of hydrogen-bond donors (Lipinski definition) is 1. The molecule has 0 aliphatic heterocycles. The average Bonchev–Trinajstić information content (AvgIpc) is 2.30. The van der Waals surface area contributed by atoms with Gasteiger partial charge < -0.3 is 14.6 Å². The van der Waals surface area contributed by atoms with E-state index in [1.807, 2.05) is 13.0 Å². The lowest BCUT2D eigenvalue weighted by molar-refractivity contribution is 0.146. The van der Waals surface area contributed by atoms with Crippen molar-refractivity contribution in [1.29, 1.82) is 0 Å². The summed E-state index contributed by atoms with van der Waals surface area (Å²) in [5, 5.41) is 10.6. The van der Waals surface area contributed by atoms with Gasteiger partial charge in [-0.2, -0.15) is 0 Å². The fraction of sp³-hybridized carbons (Fsp3) is 0.308. The van der Waals surface area contributed by atoms with Crippen LogP contribution in [0.15, 0.2) is 22.7 Å². The zero-order chi connectivity index (χ0) is 13.1. The smallest absolute Gasteiger partial charge is 0.134 e. The van der Waals surface area contributed by atoms with Crippen LogP contribution in [0, 0.1) is 6.92 Å². The minimum absolute atomic E-state index is 0.210. The average molecular weight is 312 g/mol. The number of pyridine rings is 1. The third-order valence-electron chi connectivity index (χ3n) is 2.51. The first kappa shape index (κ1) is 13.1. The number of hydrogen-bond acceptors (Lipinski definition) is 4. The van der Waals surface area contributed by atoms with Crippen LogP contribution in [0.25, 0.3) is 10.9 Å². The zero-order valence-electron chi connectivity index (χ0n) is 10.2. The van der Waals surface area contributed by atoms with E-state index in [0.717, 1.165) is 15.7 Å². The lowest BCUT2D eigenvalue weighted by Crippen LogP contribution is -2.04. The van der Waals surface area contributed by atoms with Crippen molar-refractivity contribution in [1.82, 2.24) is 4.98 Å². The van der Waals surface area contributed by atoms with E-state index in [9.17, 15) is 5.11 Å².